The molecule has 0 fully saturated rings. The van der Waals surface area contributed by atoms with Crippen LogP contribution in [-0.2, 0) is 5.41 Å². The minimum Gasteiger partial charge on any atom is -0.505 e. The van der Waals surface area contributed by atoms with Crippen LogP contribution in [0.3, 0.4) is 0 Å². The van der Waals surface area contributed by atoms with Crippen LogP contribution in [0.1, 0.15) is 52.0 Å². The first-order valence-electron chi connectivity index (χ1n) is 6.07. The second-order valence-electron chi connectivity index (χ2n) is 5.13. The highest BCUT2D eigenvalue weighted by Crippen LogP contribution is 2.38. The summed E-state index contributed by atoms with van der Waals surface area (Å²) >= 11 is 11.9. The normalized spacial score (nSPS) is 11.8. The number of hydrogen-bond donors (Lipinski definition) is 1. The predicted octanol–water partition coefficient (Wildman–Crippen LogP) is 5.56. The van der Waals surface area contributed by atoms with Crippen LogP contribution in [0.2, 0.25) is 10.0 Å². The van der Waals surface area contributed by atoms with Gasteiger partial charge in [-0.2, -0.15) is 0 Å². The summed E-state index contributed by atoms with van der Waals surface area (Å²) in [5.41, 5.74) is 1.12. The van der Waals surface area contributed by atoms with Gasteiger partial charge in [-0.05, 0) is 29.5 Å². The van der Waals surface area contributed by atoms with Crippen LogP contribution in [-0.4, -0.2) is 5.11 Å². The molecule has 0 radical (unpaired) electrons. The zero-order valence-corrected chi connectivity index (χ0v) is 12.2. The summed E-state index contributed by atoms with van der Waals surface area (Å²) in [6, 6.07) is 3.63. The molecule has 0 saturated carbocycles. The Morgan fingerprint density at radius 1 is 1.12 bits per heavy atom. The molecule has 96 valence electrons. The molecule has 0 aliphatic carbocycles. The highest BCUT2D eigenvalue weighted by atomic mass is 35.5. The van der Waals surface area contributed by atoms with E-state index in [4.69, 9.17) is 23.2 Å². The third kappa shape index (κ3) is 3.79. The van der Waals surface area contributed by atoms with Gasteiger partial charge in [-0.15, -0.1) is 0 Å². The summed E-state index contributed by atoms with van der Waals surface area (Å²) in [7, 11) is 0. The Balaban J connectivity index is 2.90. The maximum absolute atomic E-state index is 9.55. The number of phenolic OH excluding ortho intramolecular Hbond substituents is 1. The minimum atomic E-state index is -0.0264. The van der Waals surface area contributed by atoms with Crippen molar-refractivity contribution >= 4 is 23.2 Å². The lowest BCUT2D eigenvalue weighted by atomic mass is 9.80. The second kappa shape index (κ2) is 5.97. The number of hydrogen-bond acceptors (Lipinski definition) is 1. The molecule has 17 heavy (non-hydrogen) atoms. The third-order valence-corrected chi connectivity index (χ3v) is 3.78. The summed E-state index contributed by atoms with van der Waals surface area (Å²) in [5, 5.41) is 10.2. The maximum Gasteiger partial charge on any atom is 0.152 e. The van der Waals surface area contributed by atoms with Gasteiger partial charge in [0.05, 0.1) is 10.0 Å². The summed E-state index contributed by atoms with van der Waals surface area (Å²) in [4.78, 5) is 0. The van der Waals surface area contributed by atoms with Crippen molar-refractivity contribution < 1.29 is 5.11 Å². The molecule has 1 nitrogen and oxygen atoms in total. The molecule has 3 heteroatoms. The van der Waals surface area contributed by atoms with E-state index in [0.717, 1.165) is 12.0 Å². The fraction of sp³-hybridized carbons (Fsp3) is 0.571. The van der Waals surface area contributed by atoms with Gasteiger partial charge in [0, 0.05) is 0 Å². The van der Waals surface area contributed by atoms with Crippen molar-refractivity contribution in [3.63, 3.8) is 0 Å². The monoisotopic (exact) mass is 274 g/mol. The number of halogens is 2. The largest absolute Gasteiger partial charge is 0.505 e. The second-order valence-corrected chi connectivity index (χ2v) is 5.94. The Labute approximate surface area is 114 Å². The molecule has 0 amide bonds. The molecule has 0 saturated heterocycles. The molecule has 0 unspecified atom stereocenters. The molecule has 0 aliphatic rings. The van der Waals surface area contributed by atoms with Crippen molar-refractivity contribution in [2.45, 2.75) is 51.9 Å². The Morgan fingerprint density at radius 3 is 2.12 bits per heavy atom. The fourth-order valence-electron chi connectivity index (χ4n) is 1.92. The van der Waals surface area contributed by atoms with E-state index in [1.54, 1.807) is 0 Å². The first-order chi connectivity index (χ1) is 7.88. The number of rotatable bonds is 5. The quantitative estimate of drug-likeness (QED) is 0.698. The van der Waals surface area contributed by atoms with Crippen molar-refractivity contribution in [3.05, 3.63) is 27.7 Å². The summed E-state index contributed by atoms with van der Waals surface area (Å²) in [6.45, 7) is 6.56. The SMILES string of the molecule is CCCCCC(C)(C)c1cc(Cl)c(O)c(Cl)c1. The number of unbranched alkanes of at least 4 members (excludes halogenated alkanes) is 2. The van der Waals surface area contributed by atoms with Crippen LogP contribution in [0.4, 0.5) is 0 Å². The summed E-state index contributed by atoms with van der Waals surface area (Å²) < 4.78 is 0. The maximum atomic E-state index is 9.55. The van der Waals surface area contributed by atoms with E-state index in [0.29, 0.717) is 10.0 Å². The number of phenols is 1. The van der Waals surface area contributed by atoms with E-state index in [9.17, 15) is 5.11 Å². The topological polar surface area (TPSA) is 20.2 Å². The van der Waals surface area contributed by atoms with Gasteiger partial charge in [-0.25, -0.2) is 0 Å². The molecule has 1 rings (SSSR count). The molecule has 0 spiro atoms. The van der Waals surface area contributed by atoms with E-state index >= 15 is 0 Å². The highest BCUT2D eigenvalue weighted by molar-refractivity contribution is 6.37. The van der Waals surface area contributed by atoms with E-state index in [2.05, 4.69) is 20.8 Å². The molecule has 0 aliphatic heterocycles. The lowest BCUT2D eigenvalue weighted by Crippen LogP contribution is -2.17. The molecular formula is C14H20Cl2O. The molecule has 0 bridgehead atoms. The van der Waals surface area contributed by atoms with Crippen LogP contribution >= 0.6 is 23.2 Å². The predicted molar refractivity (Wildman–Crippen MR) is 75.3 cm³/mol. The van der Waals surface area contributed by atoms with Crippen molar-refractivity contribution in [3.8, 4) is 5.75 Å². The average Bonchev–Trinajstić information content (AvgIpc) is 2.25. The molecule has 0 atom stereocenters. The van der Waals surface area contributed by atoms with Gasteiger partial charge in [0.25, 0.3) is 0 Å². The van der Waals surface area contributed by atoms with Gasteiger partial charge < -0.3 is 5.11 Å². The van der Waals surface area contributed by atoms with E-state index in [1.807, 2.05) is 12.1 Å². The number of benzene rings is 1. The highest BCUT2D eigenvalue weighted by Gasteiger charge is 2.22. The Kier molecular flexibility index (Phi) is 5.15. The molecule has 1 aromatic carbocycles. The Hall–Kier alpha value is -0.400. The van der Waals surface area contributed by atoms with Crippen LogP contribution in [0, 0.1) is 0 Å². The van der Waals surface area contributed by atoms with Crippen LogP contribution in [0.15, 0.2) is 12.1 Å². The molecular weight excluding hydrogens is 255 g/mol. The average molecular weight is 275 g/mol. The van der Waals surface area contributed by atoms with Crippen LogP contribution in [0.25, 0.3) is 0 Å². The van der Waals surface area contributed by atoms with E-state index in [1.165, 1.54) is 19.3 Å². The lowest BCUT2D eigenvalue weighted by Gasteiger charge is -2.26. The standard InChI is InChI=1S/C14H20Cl2O/c1-4-5-6-7-14(2,3)10-8-11(15)13(17)12(16)9-10/h8-9,17H,4-7H2,1-3H3. The molecule has 1 aromatic rings. The Bertz CT molecular complexity index is 363. The van der Waals surface area contributed by atoms with Gasteiger partial charge in [0.1, 0.15) is 0 Å². The van der Waals surface area contributed by atoms with Gasteiger partial charge >= 0.3 is 0 Å². The Morgan fingerprint density at radius 2 is 1.65 bits per heavy atom. The smallest absolute Gasteiger partial charge is 0.152 e. The van der Waals surface area contributed by atoms with Gasteiger partial charge in [-0.3, -0.25) is 0 Å². The van der Waals surface area contributed by atoms with Gasteiger partial charge in [-0.1, -0.05) is 63.2 Å². The van der Waals surface area contributed by atoms with Crippen LogP contribution in [0.5, 0.6) is 5.75 Å². The van der Waals surface area contributed by atoms with Crippen LogP contribution < -0.4 is 0 Å². The lowest BCUT2D eigenvalue weighted by molar-refractivity contribution is 0.447. The van der Waals surface area contributed by atoms with Crippen molar-refractivity contribution in [2.75, 3.05) is 0 Å². The first-order valence-corrected chi connectivity index (χ1v) is 6.82. The molecule has 1 N–H and O–H groups in total. The number of aromatic hydroxyl groups is 1. The molecule has 0 heterocycles. The molecule has 0 aromatic heterocycles. The first kappa shape index (κ1) is 14.7. The van der Waals surface area contributed by atoms with Crippen molar-refractivity contribution in [2.24, 2.45) is 0 Å². The van der Waals surface area contributed by atoms with Gasteiger partial charge in [0.2, 0.25) is 0 Å². The zero-order chi connectivity index (χ0) is 13.1. The minimum absolute atomic E-state index is 0.0264. The summed E-state index contributed by atoms with van der Waals surface area (Å²) in [5.74, 6) is -0.0264. The van der Waals surface area contributed by atoms with Gasteiger partial charge in [0.15, 0.2) is 5.75 Å². The third-order valence-electron chi connectivity index (χ3n) is 3.20. The summed E-state index contributed by atoms with van der Waals surface area (Å²) in [6.07, 6.45) is 4.74. The van der Waals surface area contributed by atoms with Crippen molar-refractivity contribution in [1.29, 1.82) is 0 Å². The van der Waals surface area contributed by atoms with E-state index < -0.39 is 0 Å². The van der Waals surface area contributed by atoms with Crippen molar-refractivity contribution in [1.82, 2.24) is 0 Å². The fourth-order valence-corrected chi connectivity index (χ4v) is 2.40. The van der Waals surface area contributed by atoms with E-state index in [-0.39, 0.29) is 11.2 Å². The zero-order valence-electron chi connectivity index (χ0n) is 10.7.